The molecule has 0 N–H and O–H groups in total. The van der Waals surface area contributed by atoms with Gasteiger partial charge in [-0.15, -0.1) is 0 Å². The highest BCUT2D eigenvalue weighted by Gasteiger charge is 2.52. The second-order valence-electron chi connectivity index (χ2n) is 11.2. The molecule has 0 aromatic heterocycles. The van der Waals surface area contributed by atoms with Crippen molar-refractivity contribution >= 4 is 17.6 Å². The fourth-order valence-electron chi connectivity index (χ4n) is 7.33. The van der Waals surface area contributed by atoms with Gasteiger partial charge in [0, 0.05) is 12.7 Å². The fraction of sp³-hybridized carbons (Fsp3) is 0.531. The molecule has 4 saturated carbocycles. The lowest BCUT2D eigenvalue weighted by molar-refractivity contribution is -0.0189. The van der Waals surface area contributed by atoms with Crippen molar-refractivity contribution in [2.24, 2.45) is 17.8 Å². The van der Waals surface area contributed by atoms with E-state index in [2.05, 4.69) is 31.2 Å². The van der Waals surface area contributed by atoms with Gasteiger partial charge in [0.15, 0.2) is 6.79 Å². The number of carbonyl (C=O) groups is 1. The molecule has 5 heteroatoms. The van der Waals surface area contributed by atoms with E-state index in [0.29, 0.717) is 25.4 Å². The Balaban J connectivity index is 1.41. The van der Waals surface area contributed by atoms with E-state index in [1.807, 2.05) is 31.2 Å². The molecule has 4 aliphatic carbocycles. The summed E-state index contributed by atoms with van der Waals surface area (Å²) in [6.45, 7) is 5.69. The Hall–Kier alpha value is -2.63. The summed E-state index contributed by atoms with van der Waals surface area (Å²) in [5.41, 5.74) is 5.63. The van der Waals surface area contributed by atoms with E-state index >= 15 is 0 Å². The molecule has 0 spiro atoms. The molecule has 0 atom stereocenters. The van der Waals surface area contributed by atoms with Gasteiger partial charge in [0.25, 0.3) is 0 Å². The monoisotopic (exact) mass is 504 g/mol. The van der Waals surface area contributed by atoms with Crippen LogP contribution in [-0.2, 0) is 19.6 Å². The molecule has 0 radical (unpaired) electrons. The Morgan fingerprint density at radius 3 is 2.22 bits per heavy atom. The summed E-state index contributed by atoms with van der Waals surface area (Å²) in [6, 6.07) is 14.3. The second-order valence-corrected chi connectivity index (χ2v) is 11.2. The molecule has 5 nitrogen and oxygen atoms in total. The number of allylic oxidation sites excluding steroid dienone is 1. The fourth-order valence-corrected chi connectivity index (χ4v) is 7.33. The molecule has 0 aliphatic heterocycles. The third kappa shape index (κ3) is 5.78. The summed E-state index contributed by atoms with van der Waals surface area (Å²) in [5.74, 6) is 3.26. The molecule has 4 aliphatic rings. The van der Waals surface area contributed by atoms with Gasteiger partial charge in [-0.2, -0.15) is 0 Å². The Labute approximate surface area is 221 Å². The van der Waals surface area contributed by atoms with Crippen molar-refractivity contribution in [3.05, 3.63) is 64.7 Å². The van der Waals surface area contributed by atoms with Crippen molar-refractivity contribution in [1.29, 1.82) is 0 Å². The van der Waals surface area contributed by atoms with Gasteiger partial charge in [-0.3, -0.25) is 0 Å². The van der Waals surface area contributed by atoms with Gasteiger partial charge >= 0.3 is 5.97 Å². The zero-order valence-corrected chi connectivity index (χ0v) is 22.5. The predicted molar refractivity (Wildman–Crippen MR) is 146 cm³/mol. The summed E-state index contributed by atoms with van der Waals surface area (Å²) in [4.78, 5) is 12.0. The molecule has 2 aromatic rings. The average Bonchev–Trinajstić information content (AvgIpc) is 2.88. The first kappa shape index (κ1) is 26.0. The maximum atomic E-state index is 12.0. The summed E-state index contributed by atoms with van der Waals surface area (Å²) in [7, 11) is 1.68. The van der Waals surface area contributed by atoms with Crippen LogP contribution in [0.5, 0.6) is 5.75 Å². The van der Waals surface area contributed by atoms with Crippen molar-refractivity contribution < 1.29 is 23.7 Å². The lowest BCUT2D eigenvalue weighted by Crippen LogP contribution is -2.48. The standard InChI is InChI=1S/C32H40O5/c1-4-36-31(33)27-7-5-23(6-8-27)13-22(2)28-9-10-30(37-21-35-12-11-34-3)29(17-28)32-18-24-14-25(19-32)16-26(15-24)20-32/h5-10,13,17,24-26H,4,11-12,14-16,18-21H2,1-3H3. The highest BCUT2D eigenvalue weighted by Crippen LogP contribution is 2.62. The zero-order chi connectivity index (χ0) is 25.8. The van der Waals surface area contributed by atoms with Gasteiger partial charge in [-0.05, 0) is 117 Å². The van der Waals surface area contributed by atoms with Crippen LogP contribution in [0.25, 0.3) is 11.6 Å². The van der Waals surface area contributed by atoms with E-state index < -0.39 is 0 Å². The summed E-state index contributed by atoms with van der Waals surface area (Å²) in [5, 5.41) is 0. The van der Waals surface area contributed by atoms with E-state index in [1.165, 1.54) is 55.2 Å². The van der Waals surface area contributed by atoms with Crippen LogP contribution in [0.4, 0.5) is 0 Å². The maximum absolute atomic E-state index is 12.0. The molecule has 37 heavy (non-hydrogen) atoms. The molecule has 2 aromatic carbocycles. The molecular formula is C32H40O5. The van der Waals surface area contributed by atoms with Gasteiger partial charge < -0.3 is 18.9 Å². The minimum atomic E-state index is -0.281. The number of hydrogen-bond donors (Lipinski definition) is 0. The topological polar surface area (TPSA) is 54.0 Å². The molecule has 4 fully saturated rings. The van der Waals surface area contributed by atoms with Crippen molar-refractivity contribution in [2.45, 2.75) is 57.8 Å². The summed E-state index contributed by atoms with van der Waals surface area (Å²) >= 11 is 0. The molecule has 4 bridgehead atoms. The molecule has 0 heterocycles. The number of carbonyl (C=O) groups excluding carboxylic acids is 1. The molecule has 6 rings (SSSR count). The van der Waals surface area contributed by atoms with Crippen LogP contribution in [0, 0.1) is 17.8 Å². The lowest BCUT2D eigenvalue weighted by Gasteiger charge is -2.57. The van der Waals surface area contributed by atoms with Crippen molar-refractivity contribution in [3.63, 3.8) is 0 Å². The number of rotatable bonds is 11. The van der Waals surface area contributed by atoms with Crippen LogP contribution in [0.2, 0.25) is 0 Å². The predicted octanol–water partition coefficient (Wildman–Crippen LogP) is 6.89. The minimum absolute atomic E-state index is 0.216. The zero-order valence-electron chi connectivity index (χ0n) is 22.5. The van der Waals surface area contributed by atoms with Crippen molar-refractivity contribution in [3.8, 4) is 5.75 Å². The Morgan fingerprint density at radius 2 is 1.59 bits per heavy atom. The highest BCUT2D eigenvalue weighted by molar-refractivity contribution is 5.90. The normalized spacial score (nSPS) is 26.4. The van der Waals surface area contributed by atoms with Crippen LogP contribution in [-0.4, -0.2) is 39.7 Å². The van der Waals surface area contributed by atoms with Gasteiger partial charge in [0.2, 0.25) is 0 Å². The van der Waals surface area contributed by atoms with Crippen LogP contribution in [0.15, 0.2) is 42.5 Å². The van der Waals surface area contributed by atoms with E-state index in [0.717, 1.165) is 29.1 Å². The Morgan fingerprint density at radius 1 is 0.946 bits per heavy atom. The number of hydrogen-bond acceptors (Lipinski definition) is 5. The van der Waals surface area contributed by atoms with Gasteiger partial charge in [0.05, 0.1) is 25.4 Å². The third-order valence-corrected chi connectivity index (χ3v) is 8.58. The maximum Gasteiger partial charge on any atom is 0.338 e. The van der Waals surface area contributed by atoms with E-state index in [-0.39, 0.29) is 18.2 Å². The first-order valence-corrected chi connectivity index (χ1v) is 13.8. The quantitative estimate of drug-likeness (QED) is 0.144. The molecule has 0 amide bonds. The smallest absolute Gasteiger partial charge is 0.338 e. The van der Waals surface area contributed by atoms with Crippen LogP contribution in [0.3, 0.4) is 0 Å². The molecule has 0 saturated heterocycles. The number of esters is 1. The molecular weight excluding hydrogens is 464 g/mol. The third-order valence-electron chi connectivity index (χ3n) is 8.58. The second kappa shape index (κ2) is 11.4. The molecule has 0 unspecified atom stereocenters. The lowest BCUT2D eigenvalue weighted by atomic mass is 9.48. The highest BCUT2D eigenvalue weighted by atomic mass is 16.7. The average molecular weight is 505 g/mol. The van der Waals surface area contributed by atoms with Crippen molar-refractivity contribution in [2.75, 3.05) is 33.7 Å². The van der Waals surface area contributed by atoms with Crippen LogP contribution in [0.1, 0.15) is 79.4 Å². The van der Waals surface area contributed by atoms with E-state index in [1.54, 1.807) is 7.11 Å². The van der Waals surface area contributed by atoms with Gasteiger partial charge in [-0.1, -0.05) is 24.3 Å². The van der Waals surface area contributed by atoms with E-state index in [4.69, 9.17) is 18.9 Å². The Bertz CT molecular complexity index is 1080. The summed E-state index contributed by atoms with van der Waals surface area (Å²) in [6.07, 6.45) is 10.3. The minimum Gasteiger partial charge on any atom is -0.467 e. The first-order chi connectivity index (χ1) is 18.0. The Kier molecular flexibility index (Phi) is 8.01. The summed E-state index contributed by atoms with van der Waals surface area (Å²) < 4.78 is 22.1. The van der Waals surface area contributed by atoms with Gasteiger partial charge in [0.1, 0.15) is 5.75 Å². The number of methoxy groups -OCH3 is 1. The van der Waals surface area contributed by atoms with Crippen LogP contribution >= 0.6 is 0 Å². The van der Waals surface area contributed by atoms with Gasteiger partial charge in [-0.25, -0.2) is 4.79 Å². The SMILES string of the molecule is CCOC(=O)c1ccc(C=C(C)c2ccc(OCOCCOC)c(C34CC5CC(CC(C5)C3)C4)c2)cc1. The van der Waals surface area contributed by atoms with Crippen molar-refractivity contribution in [1.82, 2.24) is 0 Å². The molecule has 198 valence electrons. The number of benzene rings is 2. The first-order valence-electron chi connectivity index (χ1n) is 13.8. The number of ether oxygens (including phenoxy) is 4. The van der Waals surface area contributed by atoms with Crippen LogP contribution < -0.4 is 4.74 Å². The van der Waals surface area contributed by atoms with E-state index in [9.17, 15) is 4.79 Å². The largest absolute Gasteiger partial charge is 0.467 e.